The molecule has 0 aromatic carbocycles. The number of hydrogen-bond acceptors (Lipinski definition) is 8. The number of hydrogen-bond donors (Lipinski definition) is 4. The van der Waals surface area contributed by atoms with E-state index >= 15 is 0 Å². The van der Waals surface area contributed by atoms with Gasteiger partial charge < -0.3 is 25.5 Å². The maximum atomic E-state index is 12.2. The van der Waals surface area contributed by atoms with Crippen molar-refractivity contribution in [1.29, 1.82) is 0 Å². The first-order valence-corrected chi connectivity index (χ1v) is 6.71. The molecule has 4 N–H and O–H groups in total. The molecule has 10 nitrogen and oxygen atoms in total. The topological polar surface area (TPSA) is 135 Å². The SMILES string of the molecule is CNn1cnc2c(ncn2[C@]2(C)O[C@H](CO)[C@@H](O)[C@H]2O)c1=O. The molecule has 1 fully saturated rings. The Balaban J connectivity index is 2.15. The summed E-state index contributed by atoms with van der Waals surface area (Å²) in [4.78, 5) is 20.3. The second kappa shape index (κ2) is 5.02. The van der Waals surface area contributed by atoms with Gasteiger partial charge in [-0.1, -0.05) is 0 Å². The fourth-order valence-corrected chi connectivity index (χ4v) is 2.69. The predicted molar refractivity (Wildman–Crippen MR) is 74.7 cm³/mol. The van der Waals surface area contributed by atoms with E-state index in [4.69, 9.17) is 4.74 Å². The number of nitrogens with one attached hydrogen (secondary N) is 1. The fraction of sp³-hybridized carbons (Fsp3) is 0.583. The van der Waals surface area contributed by atoms with Crippen LogP contribution in [0.3, 0.4) is 0 Å². The first-order chi connectivity index (χ1) is 10.4. The average Bonchev–Trinajstić information content (AvgIpc) is 3.04. The van der Waals surface area contributed by atoms with Gasteiger partial charge in [-0.15, -0.1) is 0 Å². The number of ether oxygens (including phenoxy) is 1. The molecule has 2 aromatic rings. The molecule has 0 saturated carbocycles. The molecule has 4 atom stereocenters. The number of nitrogens with zero attached hydrogens (tertiary/aromatic N) is 4. The van der Waals surface area contributed by atoms with E-state index < -0.39 is 36.2 Å². The predicted octanol–water partition coefficient (Wildman–Crippen LogP) is -2.45. The van der Waals surface area contributed by atoms with E-state index in [-0.39, 0.29) is 11.2 Å². The normalized spacial score (nSPS) is 31.8. The number of rotatable bonds is 3. The molecule has 22 heavy (non-hydrogen) atoms. The smallest absolute Gasteiger partial charge is 0.300 e. The second-order valence-corrected chi connectivity index (χ2v) is 5.26. The quantitative estimate of drug-likeness (QED) is 0.491. The van der Waals surface area contributed by atoms with Crippen LogP contribution in [0.2, 0.25) is 0 Å². The number of imidazole rings is 1. The highest BCUT2D eigenvalue weighted by Crippen LogP contribution is 2.36. The maximum Gasteiger partial charge on any atom is 0.300 e. The molecule has 0 unspecified atom stereocenters. The van der Waals surface area contributed by atoms with Crippen molar-refractivity contribution in [3.05, 3.63) is 23.0 Å². The van der Waals surface area contributed by atoms with Crippen molar-refractivity contribution in [2.75, 3.05) is 19.1 Å². The van der Waals surface area contributed by atoms with E-state index in [9.17, 15) is 20.1 Å². The molecule has 0 aliphatic carbocycles. The lowest BCUT2D eigenvalue weighted by Crippen LogP contribution is -2.43. The van der Waals surface area contributed by atoms with Crippen LogP contribution in [-0.4, -0.2) is 66.5 Å². The molecular weight excluding hydrogens is 294 g/mol. The van der Waals surface area contributed by atoms with Crippen LogP contribution in [0.25, 0.3) is 11.2 Å². The Labute approximate surface area is 124 Å². The first kappa shape index (κ1) is 14.9. The molecule has 10 heteroatoms. The van der Waals surface area contributed by atoms with Crippen LogP contribution in [0.1, 0.15) is 6.92 Å². The van der Waals surface area contributed by atoms with Gasteiger partial charge in [0, 0.05) is 7.05 Å². The third-order valence-electron chi connectivity index (χ3n) is 4.00. The van der Waals surface area contributed by atoms with Crippen molar-refractivity contribution in [3.63, 3.8) is 0 Å². The van der Waals surface area contributed by atoms with Gasteiger partial charge in [0.1, 0.15) is 24.6 Å². The van der Waals surface area contributed by atoms with Crippen molar-refractivity contribution >= 4 is 11.2 Å². The minimum atomic E-state index is -1.40. The minimum absolute atomic E-state index is 0.0933. The van der Waals surface area contributed by atoms with Crippen LogP contribution in [0.4, 0.5) is 0 Å². The lowest BCUT2D eigenvalue weighted by atomic mass is 10.0. The van der Waals surface area contributed by atoms with Gasteiger partial charge >= 0.3 is 0 Å². The summed E-state index contributed by atoms with van der Waals surface area (Å²) in [6.45, 7) is 1.09. The van der Waals surface area contributed by atoms with Gasteiger partial charge in [0.2, 0.25) is 0 Å². The second-order valence-electron chi connectivity index (χ2n) is 5.26. The Hall–Kier alpha value is -2.01. The molecule has 2 aromatic heterocycles. The van der Waals surface area contributed by atoms with Crippen LogP contribution in [0, 0.1) is 0 Å². The molecule has 3 heterocycles. The molecule has 3 rings (SSSR count). The van der Waals surface area contributed by atoms with Crippen LogP contribution in [-0.2, 0) is 10.5 Å². The molecule has 1 aliphatic rings. The highest BCUT2D eigenvalue weighted by Gasteiger charge is 2.52. The van der Waals surface area contributed by atoms with Crippen molar-refractivity contribution in [3.8, 4) is 0 Å². The van der Waals surface area contributed by atoms with E-state index in [0.717, 1.165) is 0 Å². The lowest BCUT2D eigenvalue weighted by molar-refractivity contribution is -0.132. The van der Waals surface area contributed by atoms with Crippen LogP contribution in [0.15, 0.2) is 17.4 Å². The average molecular weight is 311 g/mol. The van der Waals surface area contributed by atoms with Gasteiger partial charge in [0.05, 0.1) is 12.9 Å². The summed E-state index contributed by atoms with van der Waals surface area (Å²) in [5.74, 6) is 0. The highest BCUT2D eigenvalue weighted by molar-refractivity contribution is 5.69. The fourth-order valence-electron chi connectivity index (χ4n) is 2.69. The Bertz CT molecular complexity index is 758. The molecule has 120 valence electrons. The highest BCUT2D eigenvalue weighted by atomic mass is 16.6. The molecule has 1 aliphatic heterocycles. The number of aliphatic hydroxyl groups is 3. The minimum Gasteiger partial charge on any atom is -0.394 e. The van der Waals surface area contributed by atoms with E-state index in [2.05, 4.69) is 15.4 Å². The monoisotopic (exact) mass is 311 g/mol. The van der Waals surface area contributed by atoms with Gasteiger partial charge in [-0.25, -0.2) is 14.6 Å². The van der Waals surface area contributed by atoms with Gasteiger partial charge in [0.15, 0.2) is 16.9 Å². The number of aromatic nitrogens is 4. The number of fused-ring (bicyclic) bond motifs is 1. The Morgan fingerprint density at radius 2 is 2.14 bits per heavy atom. The molecular formula is C12H17N5O5. The van der Waals surface area contributed by atoms with Crippen LogP contribution >= 0.6 is 0 Å². The zero-order valence-electron chi connectivity index (χ0n) is 12.0. The van der Waals surface area contributed by atoms with Gasteiger partial charge in [-0.05, 0) is 6.92 Å². The van der Waals surface area contributed by atoms with Gasteiger partial charge in [-0.2, -0.15) is 0 Å². The molecule has 0 spiro atoms. The van der Waals surface area contributed by atoms with Gasteiger partial charge in [0.25, 0.3) is 5.56 Å². The van der Waals surface area contributed by atoms with E-state index in [1.807, 2.05) is 0 Å². The Morgan fingerprint density at radius 3 is 2.73 bits per heavy atom. The molecule has 0 bridgehead atoms. The summed E-state index contributed by atoms with van der Waals surface area (Å²) in [6, 6.07) is 0. The molecule has 0 radical (unpaired) electrons. The van der Waals surface area contributed by atoms with Crippen LogP contribution < -0.4 is 11.0 Å². The third-order valence-corrected chi connectivity index (χ3v) is 4.00. The van der Waals surface area contributed by atoms with Gasteiger partial charge in [-0.3, -0.25) is 9.36 Å². The summed E-state index contributed by atoms with van der Waals surface area (Å²) in [5.41, 5.74) is 1.15. The Morgan fingerprint density at radius 1 is 1.41 bits per heavy atom. The molecule has 1 saturated heterocycles. The zero-order valence-corrected chi connectivity index (χ0v) is 12.0. The zero-order chi connectivity index (χ0) is 16.1. The third kappa shape index (κ3) is 1.85. The summed E-state index contributed by atoms with van der Waals surface area (Å²) in [6.07, 6.45) is -0.904. The van der Waals surface area contributed by atoms with E-state index in [0.29, 0.717) is 0 Å². The van der Waals surface area contributed by atoms with Crippen LogP contribution in [0.5, 0.6) is 0 Å². The van der Waals surface area contributed by atoms with Crippen molar-refractivity contribution in [2.45, 2.75) is 31.0 Å². The standard InChI is InChI=1S/C12H17N5O5/c1-12(9(20)8(19)6(3-18)22-12)16-4-14-7-10(16)15-5-17(13-2)11(7)21/h4-6,8-9,13,18-20H,3H2,1-2H3/t6-,8-,9-,12-/m1/s1. The molecule has 0 amide bonds. The van der Waals surface area contributed by atoms with Crippen molar-refractivity contribution in [2.24, 2.45) is 0 Å². The Kier molecular flexibility index (Phi) is 3.40. The summed E-state index contributed by atoms with van der Waals surface area (Å²) in [7, 11) is 1.57. The summed E-state index contributed by atoms with van der Waals surface area (Å²) in [5, 5.41) is 29.4. The maximum absolute atomic E-state index is 12.2. The largest absolute Gasteiger partial charge is 0.394 e. The summed E-state index contributed by atoms with van der Waals surface area (Å²) >= 11 is 0. The van der Waals surface area contributed by atoms with Crippen molar-refractivity contribution < 1.29 is 20.1 Å². The summed E-state index contributed by atoms with van der Waals surface area (Å²) < 4.78 is 8.13. The van der Waals surface area contributed by atoms with Crippen molar-refractivity contribution in [1.82, 2.24) is 19.2 Å². The van der Waals surface area contributed by atoms with E-state index in [1.165, 1.54) is 28.8 Å². The lowest BCUT2D eigenvalue weighted by Gasteiger charge is -2.29. The van der Waals surface area contributed by atoms with E-state index in [1.54, 1.807) is 7.05 Å². The first-order valence-electron chi connectivity index (χ1n) is 6.71. The number of aliphatic hydroxyl groups excluding tert-OH is 3.